The number of hydrogen-bond donors (Lipinski definition) is 1. The number of amides is 2. The van der Waals surface area contributed by atoms with Gasteiger partial charge in [-0.3, -0.25) is 0 Å². The van der Waals surface area contributed by atoms with E-state index in [4.69, 9.17) is 9.47 Å². The van der Waals surface area contributed by atoms with Gasteiger partial charge in [-0.2, -0.15) is 0 Å². The minimum absolute atomic E-state index is 0.0451. The van der Waals surface area contributed by atoms with Crippen molar-refractivity contribution in [2.24, 2.45) is 5.41 Å². The minimum Gasteiger partial charge on any atom is -0.444 e. The van der Waals surface area contributed by atoms with Crippen molar-refractivity contribution in [2.45, 2.75) is 65.2 Å². The summed E-state index contributed by atoms with van der Waals surface area (Å²) in [7, 11) is 0. The number of rotatable bonds is 1. The summed E-state index contributed by atoms with van der Waals surface area (Å²) in [6.07, 6.45) is 0.773. The number of nitrogens with one attached hydrogen (secondary N) is 1. The van der Waals surface area contributed by atoms with Crippen LogP contribution in [0.15, 0.2) is 0 Å². The van der Waals surface area contributed by atoms with Gasteiger partial charge in [-0.05, 0) is 39.0 Å². The number of nitrogens with zero attached hydrogens (tertiary/aromatic N) is 1. The molecule has 2 atom stereocenters. The minimum atomic E-state index is -0.534. The van der Waals surface area contributed by atoms with Gasteiger partial charge in [-0.15, -0.1) is 0 Å². The Morgan fingerprint density at radius 2 is 2.10 bits per heavy atom. The molecule has 0 aliphatic carbocycles. The Balaban J connectivity index is 2.13. The molecule has 0 radical (unpaired) electrons. The Hall–Kier alpha value is -1.46. The van der Waals surface area contributed by atoms with Gasteiger partial charge in [-0.25, -0.2) is 9.59 Å². The van der Waals surface area contributed by atoms with Crippen LogP contribution in [0.2, 0.25) is 0 Å². The van der Waals surface area contributed by atoms with Crippen molar-refractivity contribution in [1.29, 1.82) is 0 Å². The van der Waals surface area contributed by atoms with E-state index >= 15 is 0 Å². The van der Waals surface area contributed by atoms with Crippen molar-refractivity contribution in [3.8, 4) is 0 Å². The van der Waals surface area contributed by atoms with Gasteiger partial charge in [0.25, 0.3) is 0 Å². The normalized spacial score (nSPS) is 28.8. The van der Waals surface area contributed by atoms with Crippen LogP contribution < -0.4 is 5.32 Å². The van der Waals surface area contributed by atoms with E-state index in [9.17, 15) is 9.59 Å². The lowest BCUT2D eigenvalue weighted by Gasteiger charge is -2.45. The first kappa shape index (κ1) is 15.9. The van der Waals surface area contributed by atoms with Crippen LogP contribution in [0.4, 0.5) is 9.59 Å². The molecule has 0 bridgehead atoms. The van der Waals surface area contributed by atoms with Gasteiger partial charge in [0.15, 0.2) is 0 Å². The van der Waals surface area contributed by atoms with E-state index in [1.165, 1.54) is 0 Å². The van der Waals surface area contributed by atoms with Gasteiger partial charge in [0.1, 0.15) is 11.7 Å². The standard InChI is InChI=1S/C15H26N2O4/c1-14(2,3)21-13(19)17-9-15(4,5)7-6-10(17)11-8-16-12(18)20-11/h10-11H,6-9H2,1-5H3,(H,16,18). The molecule has 2 heterocycles. The predicted octanol–water partition coefficient (Wildman–Crippen LogP) is 2.52. The smallest absolute Gasteiger partial charge is 0.410 e. The van der Waals surface area contributed by atoms with Crippen LogP contribution in [0.1, 0.15) is 47.5 Å². The van der Waals surface area contributed by atoms with Crippen LogP contribution in [0.25, 0.3) is 0 Å². The highest BCUT2D eigenvalue weighted by Gasteiger charge is 2.44. The molecular weight excluding hydrogens is 272 g/mol. The fourth-order valence-electron chi connectivity index (χ4n) is 2.88. The molecule has 120 valence electrons. The van der Waals surface area contributed by atoms with E-state index in [-0.39, 0.29) is 23.7 Å². The Morgan fingerprint density at radius 3 is 2.62 bits per heavy atom. The maximum Gasteiger partial charge on any atom is 0.410 e. The Kier molecular flexibility index (Phi) is 4.08. The number of likely N-dealkylation sites (tertiary alicyclic amines) is 1. The molecule has 2 aliphatic rings. The summed E-state index contributed by atoms with van der Waals surface area (Å²) in [6.45, 7) is 10.9. The molecule has 0 aromatic carbocycles. The summed E-state index contributed by atoms with van der Waals surface area (Å²) in [4.78, 5) is 25.5. The molecule has 2 aliphatic heterocycles. The summed E-state index contributed by atoms with van der Waals surface area (Å²) in [5.41, 5.74) is -0.489. The molecule has 2 rings (SSSR count). The van der Waals surface area contributed by atoms with Gasteiger partial charge >= 0.3 is 12.2 Å². The number of ether oxygens (including phenoxy) is 2. The second-order valence-corrected chi connectivity index (χ2v) is 7.70. The zero-order chi connectivity index (χ0) is 15.8. The zero-order valence-electron chi connectivity index (χ0n) is 13.6. The lowest BCUT2D eigenvalue weighted by molar-refractivity contribution is -0.0313. The van der Waals surface area contributed by atoms with Crippen molar-refractivity contribution in [1.82, 2.24) is 10.2 Å². The molecular formula is C15H26N2O4. The third kappa shape index (κ3) is 4.02. The molecule has 2 saturated heterocycles. The van der Waals surface area contributed by atoms with Gasteiger partial charge in [-0.1, -0.05) is 13.8 Å². The van der Waals surface area contributed by atoms with Gasteiger partial charge in [0.2, 0.25) is 0 Å². The Labute approximate surface area is 126 Å². The predicted molar refractivity (Wildman–Crippen MR) is 78.0 cm³/mol. The number of hydrogen-bond acceptors (Lipinski definition) is 4. The fourth-order valence-corrected chi connectivity index (χ4v) is 2.88. The maximum absolute atomic E-state index is 12.5. The third-order valence-electron chi connectivity index (χ3n) is 3.88. The highest BCUT2D eigenvalue weighted by atomic mass is 16.6. The average Bonchev–Trinajstić information content (AvgIpc) is 2.72. The van der Waals surface area contributed by atoms with Crippen LogP contribution in [0.3, 0.4) is 0 Å². The summed E-state index contributed by atoms with van der Waals surface area (Å²) in [6, 6.07) is -0.119. The SMILES string of the molecule is CC1(C)CCC(C2CNC(=O)O2)N(C(=O)OC(C)(C)C)C1. The lowest BCUT2D eigenvalue weighted by Crippen LogP contribution is -2.56. The first-order valence-corrected chi connectivity index (χ1v) is 7.51. The van der Waals surface area contributed by atoms with E-state index in [2.05, 4.69) is 19.2 Å². The Morgan fingerprint density at radius 1 is 1.43 bits per heavy atom. The molecule has 0 saturated carbocycles. The Bertz CT molecular complexity index is 428. The van der Waals surface area contributed by atoms with Crippen LogP contribution in [0.5, 0.6) is 0 Å². The van der Waals surface area contributed by atoms with Gasteiger partial charge in [0, 0.05) is 6.54 Å². The van der Waals surface area contributed by atoms with E-state index in [0.717, 1.165) is 12.8 Å². The number of carbonyl (C=O) groups excluding carboxylic acids is 2. The zero-order valence-corrected chi connectivity index (χ0v) is 13.6. The summed E-state index contributed by atoms with van der Waals surface area (Å²) < 4.78 is 10.8. The third-order valence-corrected chi connectivity index (χ3v) is 3.88. The maximum atomic E-state index is 12.5. The molecule has 6 heteroatoms. The molecule has 21 heavy (non-hydrogen) atoms. The van der Waals surface area contributed by atoms with Crippen LogP contribution in [-0.2, 0) is 9.47 Å². The molecule has 0 spiro atoms. The molecule has 2 fully saturated rings. The number of carbonyl (C=O) groups is 2. The molecule has 6 nitrogen and oxygen atoms in total. The van der Waals surface area contributed by atoms with E-state index < -0.39 is 11.7 Å². The quantitative estimate of drug-likeness (QED) is 0.807. The van der Waals surface area contributed by atoms with Gasteiger partial charge < -0.3 is 19.7 Å². The molecule has 2 amide bonds. The summed E-state index contributed by atoms with van der Waals surface area (Å²) >= 11 is 0. The highest BCUT2D eigenvalue weighted by Crippen LogP contribution is 2.35. The summed E-state index contributed by atoms with van der Waals surface area (Å²) in [5.74, 6) is 0. The number of alkyl carbamates (subject to hydrolysis) is 1. The van der Waals surface area contributed by atoms with Gasteiger partial charge in [0.05, 0.1) is 12.6 Å². The van der Waals surface area contributed by atoms with E-state index in [1.807, 2.05) is 20.8 Å². The van der Waals surface area contributed by atoms with Crippen molar-refractivity contribution in [2.75, 3.05) is 13.1 Å². The van der Waals surface area contributed by atoms with Crippen molar-refractivity contribution in [3.05, 3.63) is 0 Å². The monoisotopic (exact) mass is 298 g/mol. The van der Waals surface area contributed by atoms with E-state index in [0.29, 0.717) is 13.1 Å². The number of cyclic esters (lactones) is 1. The first-order chi connectivity index (χ1) is 9.57. The topological polar surface area (TPSA) is 67.9 Å². The van der Waals surface area contributed by atoms with Crippen LogP contribution >= 0.6 is 0 Å². The van der Waals surface area contributed by atoms with Crippen LogP contribution in [0, 0.1) is 5.41 Å². The first-order valence-electron chi connectivity index (χ1n) is 7.51. The number of piperidine rings is 1. The lowest BCUT2D eigenvalue weighted by atomic mass is 9.80. The largest absolute Gasteiger partial charge is 0.444 e. The fraction of sp³-hybridized carbons (Fsp3) is 0.867. The van der Waals surface area contributed by atoms with Crippen molar-refractivity contribution < 1.29 is 19.1 Å². The summed E-state index contributed by atoms with van der Waals surface area (Å²) in [5, 5.41) is 2.66. The average molecular weight is 298 g/mol. The van der Waals surface area contributed by atoms with Crippen LogP contribution in [-0.4, -0.2) is 47.9 Å². The van der Waals surface area contributed by atoms with Crippen molar-refractivity contribution >= 4 is 12.2 Å². The highest BCUT2D eigenvalue weighted by molar-refractivity contribution is 5.71. The molecule has 1 N–H and O–H groups in total. The van der Waals surface area contributed by atoms with Crippen molar-refractivity contribution in [3.63, 3.8) is 0 Å². The van der Waals surface area contributed by atoms with E-state index in [1.54, 1.807) is 4.90 Å². The molecule has 2 unspecified atom stereocenters. The molecule has 0 aromatic rings. The molecule has 0 aromatic heterocycles. The second-order valence-electron chi connectivity index (χ2n) is 7.70. The second kappa shape index (κ2) is 5.39.